The van der Waals surface area contributed by atoms with Crippen molar-refractivity contribution in [2.45, 2.75) is 84.0 Å². The van der Waals surface area contributed by atoms with Gasteiger partial charge in [0.15, 0.2) is 0 Å². The van der Waals surface area contributed by atoms with Crippen LogP contribution in [0.5, 0.6) is 0 Å². The second-order valence-electron chi connectivity index (χ2n) is 5.51. The highest BCUT2D eigenvalue weighted by atomic mass is 17.5. The molecule has 0 fully saturated rings. The molecule has 1 N–H and O–H groups in total. The topological polar surface area (TPSA) is 55.8 Å². The van der Waals surface area contributed by atoms with Crippen LogP contribution in [0.1, 0.15) is 84.0 Å². The van der Waals surface area contributed by atoms with Crippen LogP contribution in [0.4, 0.5) is 0 Å². The predicted octanol–water partition coefficient (Wildman–Crippen LogP) is 5.75. The first-order valence-electron chi connectivity index (χ1n) is 8.62. The van der Waals surface area contributed by atoms with Crippen molar-refractivity contribution in [2.75, 3.05) is 0 Å². The smallest absolute Gasteiger partial charge is 0.269 e. The van der Waals surface area contributed by atoms with Crippen LogP contribution in [0.15, 0.2) is 24.3 Å². The maximum atomic E-state index is 10.9. The standard InChI is InChI=1S/C18H32O4/c1-2-3-4-5-6-7-8-9-10-11-12-13-14-15-16-17-18(19)21-22-20/h6-7,9-10,20H,2-5,8,11-17H2,1H3/b7-6-,10-9-. The first-order valence-corrected chi connectivity index (χ1v) is 8.62. The highest BCUT2D eigenvalue weighted by molar-refractivity contribution is 5.68. The third-order valence-corrected chi connectivity index (χ3v) is 3.46. The minimum Gasteiger partial charge on any atom is -0.269 e. The Kier molecular flexibility index (Phi) is 17.0. The Bertz CT molecular complexity index is 297. The second kappa shape index (κ2) is 17.9. The Morgan fingerprint density at radius 2 is 1.45 bits per heavy atom. The first kappa shape index (κ1) is 20.9. The van der Waals surface area contributed by atoms with E-state index < -0.39 is 5.97 Å². The van der Waals surface area contributed by atoms with Gasteiger partial charge in [0.2, 0.25) is 0 Å². The average molecular weight is 312 g/mol. The average Bonchev–Trinajstić information content (AvgIpc) is 2.51. The molecule has 0 aliphatic heterocycles. The Labute approximate surface area is 135 Å². The van der Waals surface area contributed by atoms with E-state index in [2.05, 4.69) is 41.2 Å². The number of carbonyl (C=O) groups is 1. The van der Waals surface area contributed by atoms with Crippen molar-refractivity contribution in [1.29, 1.82) is 0 Å². The fourth-order valence-corrected chi connectivity index (χ4v) is 2.16. The van der Waals surface area contributed by atoms with Gasteiger partial charge < -0.3 is 0 Å². The number of allylic oxidation sites excluding steroid dienone is 4. The molecular formula is C18H32O4. The number of unbranched alkanes of at least 4 members (excludes halogenated alkanes) is 8. The lowest BCUT2D eigenvalue weighted by Crippen LogP contribution is -2.02. The molecule has 0 aliphatic rings. The third-order valence-electron chi connectivity index (χ3n) is 3.46. The summed E-state index contributed by atoms with van der Waals surface area (Å²) >= 11 is 0. The minimum absolute atomic E-state index is 0.297. The lowest BCUT2D eigenvalue weighted by atomic mass is 10.1. The molecule has 4 nitrogen and oxygen atoms in total. The van der Waals surface area contributed by atoms with Crippen molar-refractivity contribution >= 4 is 5.97 Å². The van der Waals surface area contributed by atoms with Crippen LogP contribution in [-0.4, -0.2) is 11.2 Å². The molecule has 0 heterocycles. The molecule has 0 amide bonds. The van der Waals surface area contributed by atoms with E-state index in [-0.39, 0.29) is 0 Å². The molecule has 22 heavy (non-hydrogen) atoms. The minimum atomic E-state index is -0.520. The van der Waals surface area contributed by atoms with E-state index in [4.69, 9.17) is 5.26 Å². The molecule has 0 radical (unpaired) electrons. The van der Waals surface area contributed by atoms with E-state index in [1.54, 1.807) is 0 Å². The maximum absolute atomic E-state index is 10.9. The maximum Gasteiger partial charge on any atom is 0.345 e. The van der Waals surface area contributed by atoms with Crippen LogP contribution in [0, 0.1) is 0 Å². The van der Waals surface area contributed by atoms with Gasteiger partial charge >= 0.3 is 5.97 Å². The molecule has 0 saturated carbocycles. The number of hydrogen-bond donors (Lipinski definition) is 1. The van der Waals surface area contributed by atoms with Gasteiger partial charge in [0.1, 0.15) is 0 Å². The van der Waals surface area contributed by atoms with E-state index in [9.17, 15) is 4.79 Å². The summed E-state index contributed by atoms with van der Waals surface area (Å²) in [6.45, 7) is 2.23. The summed E-state index contributed by atoms with van der Waals surface area (Å²) in [5, 5.41) is 11.2. The molecule has 0 rings (SSSR count). The zero-order valence-corrected chi connectivity index (χ0v) is 14.0. The zero-order valence-electron chi connectivity index (χ0n) is 14.0. The van der Waals surface area contributed by atoms with Gasteiger partial charge in [-0.2, -0.15) is 0 Å². The van der Waals surface area contributed by atoms with Crippen LogP contribution in [0.2, 0.25) is 0 Å². The monoisotopic (exact) mass is 312 g/mol. The number of carbonyl (C=O) groups excluding carboxylic acids is 1. The van der Waals surface area contributed by atoms with Crippen LogP contribution in [0.3, 0.4) is 0 Å². The molecule has 0 aromatic carbocycles. The normalized spacial score (nSPS) is 11.5. The summed E-state index contributed by atoms with van der Waals surface area (Å²) in [5.74, 6) is -0.520. The van der Waals surface area contributed by atoms with Gasteiger partial charge in [-0.15, -0.1) is 0 Å². The predicted molar refractivity (Wildman–Crippen MR) is 89.2 cm³/mol. The molecular weight excluding hydrogens is 280 g/mol. The Morgan fingerprint density at radius 1 is 0.864 bits per heavy atom. The van der Waals surface area contributed by atoms with Crippen LogP contribution in [-0.2, 0) is 14.7 Å². The fraction of sp³-hybridized carbons (Fsp3) is 0.722. The number of hydrogen-bond acceptors (Lipinski definition) is 4. The summed E-state index contributed by atoms with van der Waals surface area (Å²) in [6.07, 6.45) is 21.9. The Hall–Kier alpha value is -1.13. The van der Waals surface area contributed by atoms with Crippen molar-refractivity contribution in [2.24, 2.45) is 0 Å². The highest BCUT2D eigenvalue weighted by Crippen LogP contribution is 2.08. The summed E-state index contributed by atoms with van der Waals surface area (Å²) in [6, 6.07) is 0. The second-order valence-corrected chi connectivity index (χ2v) is 5.51. The molecule has 0 unspecified atom stereocenters. The molecule has 0 atom stereocenters. The van der Waals surface area contributed by atoms with Crippen molar-refractivity contribution in [3.63, 3.8) is 0 Å². The van der Waals surface area contributed by atoms with E-state index >= 15 is 0 Å². The molecule has 0 aliphatic carbocycles. The van der Waals surface area contributed by atoms with Crippen molar-refractivity contribution in [3.8, 4) is 0 Å². The van der Waals surface area contributed by atoms with Crippen molar-refractivity contribution < 1.29 is 20.0 Å². The van der Waals surface area contributed by atoms with Crippen LogP contribution in [0.25, 0.3) is 0 Å². The molecule has 128 valence electrons. The molecule has 0 spiro atoms. The van der Waals surface area contributed by atoms with Gasteiger partial charge in [0, 0.05) is 6.42 Å². The highest BCUT2D eigenvalue weighted by Gasteiger charge is 2.02. The summed E-state index contributed by atoms with van der Waals surface area (Å²) in [5.41, 5.74) is 0. The summed E-state index contributed by atoms with van der Waals surface area (Å²) in [7, 11) is 0. The largest absolute Gasteiger partial charge is 0.345 e. The lowest BCUT2D eigenvalue weighted by molar-refractivity contribution is -0.462. The zero-order chi connectivity index (χ0) is 16.3. The third kappa shape index (κ3) is 16.9. The summed E-state index contributed by atoms with van der Waals surface area (Å²) in [4.78, 5) is 14.8. The summed E-state index contributed by atoms with van der Waals surface area (Å²) < 4.78 is 0. The molecule has 0 aromatic rings. The van der Waals surface area contributed by atoms with E-state index in [1.165, 1.54) is 38.5 Å². The van der Waals surface area contributed by atoms with E-state index in [0.717, 1.165) is 32.1 Å². The molecule has 0 saturated heterocycles. The van der Waals surface area contributed by atoms with Gasteiger partial charge in [-0.1, -0.05) is 63.3 Å². The van der Waals surface area contributed by atoms with Crippen LogP contribution >= 0.6 is 0 Å². The van der Waals surface area contributed by atoms with E-state index in [1.807, 2.05) is 0 Å². The quantitative estimate of drug-likeness (QED) is 0.181. The van der Waals surface area contributed by atoms with Crippen molar-refractivity contribution in [1.82, 2.24) is 0 Å². The van der Waals surface area contributed by atoms with Gasteiger partial charge in [0.25, 0.3) is 0 Å². The van der Waals surface area contributed by atoms with E-state index in [0.29, 0.717) is 6.42 Å². The van der Waals surface area contributed by atoms with Crippen LogP contribution < -0.4 is 0 Å². The molecule has 0 bridgehead atoms. The number of rotatable bonds is 15. The van der Waals surface area contributed by atoms with Gasteiger partial charge in [-0.25, -0.2) is 10.1 Å². The molecule has 0 aromatic heterocycles. The van der Waals surface area contributed by atoms with Gasteiger partial charge in [0.05, 0.1) is 0 Å². The van der Waals surface area contributed by atoms with Gasteiger partial charge in [-0.05, 0) is 43.6 Å². The fourth-order valence-electron chi connectivity index (χ4n) is 2.16. The Morgan fingerprint density at radius 3 is 2.09 bits per heavy atom. The Balaban J connectivity index is 3.22. The van der Waals surface area contributed by atoms with Gasteiger partial charge in [-0.3, -0.25) is 4.89 Å². The molecule has 4 heteroatoms. The SMILES string of the molecule is CCCCC/C=C\C/C=C\CCCCCCCC(=O)OOO. The van der Waals surface area contributed by atoms with Crippen molar-refractivity contribution in [3.05, 3.63) is 24.3 Å². The first-order chi connectivity index (χ1) is 10.8. The lowest BCUT2D eigenvalue weighted by Gasteiger charge is -1.99.